The summed E-state index contributed by atoms with van der Waals surface area (Å²) in [6.07, 6.45) is 3.85. The lowest BCUT2D eigenvalue weighted by atomic mass is 10.0. The van der Waals surface area contributed by atoms with Crippen LogP contribution in [0.2, 0.25) is 0 Å². The Balaban J connectivity index is 1.72. The number of nitrogens with zero attached hydrogens (tertiary/aromatic N) is 2. The second kappa shape index (κ2) is 6.68. The largest absolute Gasteiger partial charge is 0.375 e. The van der Waals surface area contributed by atoms with E-state index in [0.29, 0.717) is 6.04 Å². The Morgan fingerprint density at radius 2 is 2.32 bits per heavy atom. The number of nitrogens with one attached hydrogen (secondary N) is 2. The number of piperidine rings is 1. The summed E-state index contributed by atoms with van der Waals surface area (Å²) in [5.74, 6) is 0.0895. The molecule has 0 unspecified atom stereocenters. The highest BCUT2D eigenvalue weighted by Crippen LogP contribution is 2.12. The molecule has 2 heterocycles. The summed E-state index contributed by atoms with van der Waals surface area (Å²) in [6, 6.07) is 0.473. The molecule has 6 heteroatoms. The number of H-pyrrole nitrogens is 1. The number of rotatable bonds is 5. The Kier molecular flexibility index (Phi) is 4.93. The number of aromatic nitrogens is 2. The quantitative estimate of drug-likeness (QED) is 0.811. The SMILES string of the molecule is COCC(=O)N1CCC(NCc2cn[nH]c2C)CC1. The lowest BCUT2D eigenvalue weighted by Gasteiger charge is -2.32. The molecular formula is C13H22N4O2. The van der Waals surface area contributed by atoms with Gasteiger partial charge in [-0.1, -0.05) is 0 Å². The van der Waals surface area contributed by atoms with E-state index in [-0.39, 0.29) is 12.5 Å². The van der Waals surface area contributed by atoms with Gasteiger partial charge in [0.15, 0.2) is 0 Å². The molecule has 0 saturated carbocycles. The van der Waals surface area contributed by atoms with E-state index in [4.69, 9.17) is 4.74 Å². The van der Waals surface area contributed by atoms with Gasteiger partial charge >= 0.3 is 0 Å². The van der Waals surface area contributed by atoms with Gasteiger partial charge in [0.2, 0.25) is 5.91 Å². The maximum absolute atomic E-state index is 11.7. The van der Waals surface area contributed by atoms with Gasteiger partial charge in [0, 0.05) is 44.0 Å². The molecule has 19 heavy (non-hydrogen) atoms. The van der Waals surface area contributed by atoms with Crippen LogP contribution in [0.15, 0.2) is 6.20 Å². The Labute approximate surface area is 113 Å². The third kappa shape index (κ3) is 3.78. The fraction of sp³-hybridized carbons (Fsp3) is 0.692. The maximum Gasteiger partial charge on any atom is 0.248 e. The number of methoxy groups -OCH3 is 1. The van der Waals surface area contributed by atoms with Crippen LogP contribution in [-0.2, 0) is 16.1 Å². The fourth-order valence-electron chi connectivity index (χ4n) is 2.36. The number of hydrogen-bond donors (Lipinski definition) is 2. The highest BCUT2D eigenvalue weighted by atomic mass is 16.5. The average molecular weight is 266 g/mol. The number of hydrogen-bond acceptors (Lipinski definition) is 4. The molecule has 1 aromatic rings. The minimum absolute atomic E-state index is 0.0895. The third-order valence-electron chi connectivity index (χ3n) is 3.63. The van der Waals surface area contributed by atoms with Crippen LogP contribution in [-0.4, -0.2) is 53.9 Å². The van der Waals surface area contributed by atoms with Crippen molar-refractivity contribution in [1.82, 2.24) is 20.4 Å². The van der Waals surface area contributed by atoms with Gasteiger partial charge < -0.3 is 15.0 Å². The van der Waals surface area contributed by atoms with Gasteiger partial charge in [-0.3, -0.25) is 9.89 Å². The molecule has 1 saturated heterocycles. The predicted octanol–water partition coefficient (Wildman–Crippen LogP) is 0.445. The Bertz CT molecular complexity index is 411. The molecule has 0 spiro atoms. The molecule has 1 aliphatic rings. The summed E-state index contributed by atoms with van der Waals surface area (Å²) < 4.78 is 4.88. The molecule has 1 aliphatic heterocycles. The zero-order chi connectivity index (χ0) is 13.7. The molecule has 1 fully saturated rings. The minimum atomic E-state index is 0.0895. The van der Waals surface area contributed by atoms with E-state index >= 15 is 0 Å². The number of aromatic amines is 1. The Morgan fingerprint density at radius 1 is 1.58 bits per heavy atom. The van der Waals surface area contributed by atoms with E-state index in [9.17, 15) is 4.79 Å². The molecule has 0 bridgehead atoms. The van der Waals surface area contributed by atoms with Crippen molar-refractivity contribution < 1.29 is 9.53 Å². The van der Waals surface area contributed by atoms with Crippen LogP contribution in [0, 0.1) is 6.92 Å². The maximum atomic E-state index is 11.7. The first kappa shape index (κ1) is 14.0. The van der Waals surface area contributed by atoms with Crippen molar-refractivity contribution in [3.8, 4) is 0 Å². The second-order valence-corrected chi connectivity index (χ2v) is 4.99. The van der Waals surface area contributed by atoms with Gasteiger partial charge in [-0.2, -0.15) is 5.10 Å². The van der Waals surface area contributed by atoms with Crippen molar-refractivity contribution in [2.24, 2.45) is 0 Å². The normalized spacial score (nSPS) is 16.8. The molecule has 6 nitrogen and oxygen atoms in total. The van der Waals surface area contributed by atoms with Gasteiger partial charge in [-0.05, 0) is 19.8 Å². The lowest BCUT2D eigenvalue weighted by Crippen LogP contribution is -2.45. The number of carbonyl (C=O) groups is 1. The molecule has 106 valence electrons. The first-order valence-corrected chi connectivity index (χ1v) is 6.69. The van der Waals surface area contributed by atoms with Crippen molar-refractivity contribution in [3.63, 3.8) is 0 Å². The first-order chi connectivity index (χ1) is 9.20. The summed E-state index contributed by atoms with van der Waals surface area (Å²) in [4.78, 5) is 13.5. The summed E-state index contributed by atoms with van der Waals surface area (Å²) in [5.41, 5.74) is 2.32. The van der Waals surface area contributed by atoms with E-state index in [2.05, 4.69) is 15.5 Å². The van der Waals surface area contributed by atoms with E-state index in [0.717, 1.165) is 38.2 Å². The summed E-state index contributed by atoms with van der Waals surface area (Å²) in [5, 5.41) is 10.5. The van der Waals surface area contributed by atoms with Gasteiger partial charge in [0.05, 0.1) is 6.20 Å². The molecule has 0 aliphatic carbocycles. The third-order valence-corrected chi connectivity index (χ3v) is 3.63. The van der Waals surface area contributed by atoms with Gasteiger partial charge in [-0.25, -0.2) is 0 Å². The van der Waals surface area contributed by atoms with Crippen molar-refractivity contribution in [2.75, 3.05) is 26.8 Å². The highest BCUT2D eigenvalue weighted by Gasteiger charge is 2.22. The van der Waals surface area contributed by atoms with Crippen LogP contribution in [0.3, 0.4) is 0 Å². The van der Waals surface area contributed by atoms with Gasteiger partial charge in [0.25, 0.3) is 0 Å². The van der Waals surface area contributed by atoms with Crippen LogP contribution in [0.5, 0.6) is 0 Å². The molecule has 1 amide bonds. The molecule has 0 radical (unpaired) electrons. The van der Waals surface area contributed by atoms with Crippen molar-refractivity contribution in [2.45, 2.75) is 32.4 Å². The lowest BCUT2D eigenvalue weighted by molar-refractivity contribution is -0.136. The van der Waals surface area contributed by atoms with Crippen LogP contribution in [0.4, 0.5) is 0 Å². The van der Waals surface area contributed by atoms with Crippen molar-refractivity contribution in [1.29, 1.82) is 0 Å². The molecular weight excluding hydrogens is 244 g/mol. The van der Waals surface area contributed by atoms with Gasteiger partial charge in [0.1, 0.15) is 6.61 Å². The Hall–Kier alpha value is -1.40. The van der Waals surface area contributed by atoms with E-state index in [1.165, 1.54) is 5.56 Å². The van der Waals surface area contributed by atoms with E-state index < -0.39 is 0 Å². The zero-order valence-corrected chi connectivity index (χ0v) is 11.6. The highest BCUT2D eigenvalue weighted by molar-refractivity contribution is 5.77. The number of amides is 1. The predicted molar refractivity (Wildman–Crippen MR) is 71.6 cm³/mol. The smallest absolute Gasteiger partial charge is 0.248 e. The fourth-order valence-corrected chi connectivity index (χ4v) is 2.36. The summed E-state index contributed by atoms with van der Waals surface area (Å²) in [6.45, 7) is 4.66. The monoisotopic (exact) mass is 266 g/mol. The topological polar surface area (TPSA) is 70.2 Å². The zero-order valence-electron chi connectivity index (χ0n) is 11.6. The van der Waals surface area contributed by atoms with E-state index in [1.807, 2.05) is 18.0 Å². The van der Waals surface area contributed by atoms with Crippen LogP contribution >= 0.6 is 0 Å². The first-order valence-electron chi connectivity index (χ1n) is 6.69. The Morgan fingerprint density at radius 3 is 2.89 bits per heavy atom. The number of carbonyl (C=O) groups excluding carboxylic acids is 1. The second-order valence-electron chi connectivity index (χ2n) is 4.99. The molecule has 2 rings (SSSR count). The molecule has 0 atom stereocenters. The van der Waals surface area contributed by atoms with Crippen molar-refractivity contribution >= 4 is 5.91 Å². The van der Waals surface area contributed by atoms with Gasteiger partial charge in [-0.15, -0.1) is 0 Å². The minimum Gasteiger partial charge on any atom is -0.375 e. The molecule has 2 N–H and O–H groups in total. The number of likely N-dealkylation sites (tertiary alicyclic amines) is 1. The summed E-state index contributed by atoms with van der Waals surface area (Å²) in [7, 11) is 1.56. The number of ether oxygens (including phenoxy) is 1. The molecule has 0 aromatic carbocycles. The van der Waals surface area contributed by atoms with Crippen LogP contribution in [0.1, 0.15) is 24.1 Å². The number of aryl methyl sites for hydroxylation is 1. The average Bonchev–Trinajstić information content (AvgIpc) is 2.83. The van der Waals surface area contributed by atoms with E-state index in [1.54, 1.807) is 7.11 Å². The summed E-state index contributed by atoms with van der Waals surface area (Å²) >= 11 is 0. The van der Waals surface area contributed by atoms with Crippen LogP contribution < -0.4 is 5.32 Å². The standard InChI is InChI=1S/C13H22N4O2/c1-10-11(8-15-16-10)7-14-12-3-5-17(6-4-12)13(18)9-19-2/h8,12,14H,3-7,9H2,1-2H3,(H,15,16). The molecule has 1 aromatic heterocycles. The van der Waals surface area contributed by atoms with Crippen LogP contribution in [0.25, 0.3) is 0 Å². The van der Waals surface area contributed by atoms with Crippen molar-refractivity contribution in [3.05, 3.63) is 17.5 Å².